The Labute approximate surface area is 114 Å². The molecule has 5 atom stereocenters. The minimum Gasteiger partial charge on any atom is -0.474 e. The second-order valence-corrected chi connectivity index (χ2v) is 5.26. The second kappa shape index (κ2) is 3.95. The molecule has 5 unspecified atom stereocenters. The first-order chi connectivity index (χ1) is 9.64. The van der Waals surface area contributed by atoms with E-state index in [0.717, 1.165) is 5.57 Å². The molecule has 4 aliphatic heterocycles. The summed E-state index contributed by atoms with van der Waals surface area (Å²) in [6.07, 6.45) is 1.97. The zero-order chi connectivity index (χ0) is 13.9. The number of hydrogen-bond donors (Lipinski definition) is 3. The van der Waals surface area contributed by atoms with Gasteiger partial charge in [0.25, 0.3) is 0 Å². The van der Waals surface area contributed by atoms with Gasteiger partial charge in [0.2, 0.25) is 6.23 Å². The van der Waals surface area contributed by atoms with E-state index in [0.29, 0.717) is 0 Å². The van der Waals surface area contributed by atoms with E-state index in [2.05, 4.69) is 5.32 Å². The third-order valence-electron chi connectivity index (χ3n) is 4.10. The molecule has 0 aromatic heterocycles. The number of hydrogen-bond acceptors (Lipinski definition) is 6. The number of aliphatic hydroxyl groups is 2. The van der Waals surface area contributed by atoms with Crippen LogP contribution in [0.3, 0.4) is 0 Å². The molecule has 4 rings (SSSR count). The summed E-state index contributed by atoms with van der Waals surface area (Å²) < 4.78 is 16.3. The molecule has 2 amide bonds. The summed E-state index contributed by atoms with van der Waals surface area (Å²) >= 11 is 0. The SMILES string of the molecule is O=C1NC2OC=CC2=CN1C1OC2(CO)COC1C2O. The zero-order valence-corrected chi connectivity index (χ0v) is 10.4. The summed E-state index contributed by atoms with van der Waals surface area (Å²) in [6.45, 7) is -0.248. The van der Waals surface area contributed by atoms with Crippen molar-refractivity contribution < 1.29 is 29.2 Å². The number of ether oxygens (including phenoxy) is 3. The van der Waals surface area contributed by atoms with E-state index in [9.17, 15) is 15.0 Å². The lowest BCUT2D eigenvalue weighted by molar-refractivity contribution is -0.190. The Kier molecular flexibility index (Phi) is 2.40. The lowest BCUT2D eigenvalue weighted by Crippen LogP contribution is -2.55. The molecule has 108 valence electrons. The number of rotatable bonds is 2. The summed E-state index contributed by atoms with van der Waals surface area (Å²) in [4.78, 5) is 13.4. The summed E-state index contributed by atoms with van der Waals surface area (Å²) in [6, 6.07) is -0.399. The average Bonchev–Trinajstić information content (AvgIpc) is 3.10. The molecule has 8 nitrogen and oxygen atoms in total. The number of carbonyl (C=O) groups excluding carboxylic acids is 1. The van der Waals surface area contributed by atoms with Crippen molar-refractivity contribution in [2.24, 2.45) is 0 Å². The fraction of sp³-hybridized carbons (Fsp3) is 0.583. The van der Waals surface area contributed by atoms with Crippen molar-refractivity contribution in [3.05, 3.63) is 24.1 Å². The number of amides is 2. The van der Waals surface area contributed by atoms with Crippen molar-refractivity contribution in [2.45, 2.75) is 30.3 Å². The number of nitrogens with one attached hydrogen (secondary N) is 1. The van der Waals surface area contributed by atoms with Crippen LogP contribution in [0.5, 0.6) is 0 Å². The van der Waals surface area contributed by atoms with E-state index in [1.54, 1.807) is 12.3 Å². The topological polar surface area (TPSA) is 100 Å². The first-order valence-electron chi connectivity index (χ1n) is 6.35. The summed E-state index contributed by atoms with van der Waals surface area (Å²) in [7, 11) is 0. The summed E-state index contributed by atoms with van der Waals surface area (Å²) in [5.74, 6) is 0. The first kappa shape index (κ1) is 12.2. The summed E-state index contributed by atoms with van der Waals surface area (Å²) in [5, 5.41) is 22.2. The van der Waals surface area contributed by atoms with E-state index in [1.165, 1.54) is 11.2 Å². The highest BCUT2D eigenvalue weighted by Gasteiger charge is 2.63. The van der Waals surface area contributed by atoms with Gasteiger partial charge in [-0.3, -0.25) is 10.2 Å². The number of fused-ring (bicyclic) bond motifs is 3. The van der Waals surface area contributed by atoms with E-state index in [-0.39, 0.29) is 13.2 Å². The first-order valence-corrected chi connectivity index (χ1v) is 6.35. The highest BCUT2D eigenvalue weighted by Crippen LogP contribution is 2.41. The van der Waals surface area contributed by atoms with Gasteiger partial charge in [0.15, 0.2) is 6.23 Å². The third kappa shape index (κ3) is 1.41. The second-order valence-electron chi connectivity index (χ2n) is 5.26. The molecule has 2 fully saturated rings. The predicted octanol–water partition coefficient (Wildman–Crippen LogP) is -1.39. The van der Waals surface area contributed by atoms with E-state index >= 15 is 0 Å². The Balaban J connectivity index is 1.64. The van der Waals surface area contributed by atoms with E-state index < -0.39 is 36.3 Å². The third-order valence-corrected chi connectivity index (χ3v) is 4.10. The minimum atomic E-state index is -1.15. The zero-order valence-electron chi connectivity index (χ0n) is 10.4. The molecule has 8 heteroatoms. The fourth-order valence-corrected chi connectivity index (χ4v) is 2.94. The predicted molar refractivity (Wildman–Crippen MR) is 62.9 cm³/mol. The van der Waals surface area contributed by atoms with Crippen LogP contribution in [-0.2, 0) is 14.2 Å². The Morgan fingerprint density at radius 3 is 3.15 bits per heavy atom. The van der Waals surface area contributed by atoms with Gasteiger partial charge in [-0.25, -0.2) is 4.79 Å². The monoisotopic (exact) mass is 282 g/mol. The Hall–Kier alpha value is -1.61. The maximum atomic E-state index is 12.1. The molecule has 2 bridgehead atoms. The van der Waals surface area contributed by atoms with Gasteiger partial charge in [-0.05, 0) is 6.08 Å². The van der Waals surface area contributed by atoms with Crippen molar-refractivity contribution in [1.82, 2.24) is 10.2 Å². The van der Waals surface area contributed by atoms with Gasteiger partial charge in [-0.15, -0.1) is 0 Å². The van der Waals surface area contributed by atoms with Crippen molar-refractivity contribution in [3.8, 4) is 0 Å². The van der Waals surface area contributed by atoms with Crippen molar-refractivity contribution >= 4 is 6.03 Å². The maximum absolute atomic E-state index is 12.1. The molecule has 0 aliphatic carbocycles. The lowest BCUT2D eigenvalue weighted by atomic mass is 10.0. The van der Waals surface area contributed by atoms with Crippen LogP contribution in [-0.4, -0.2) is 64.6 Å². The van der Waals surface area contributed by atoms with Crippen molar-refractivity contribution in [3.63, 3.8) is 0 Å². The van der Waals surface area contributed by atoms with Crippen LogP contribution in [0.1, 0.15) is 0 Å². The van der Waals surface area contributed by atoms with E-state index in [4.69, 9.17) is 14.2 Å². The van der Waals surface area contributed by atoms with Crippen LogP contribution in [0.25, 0.3) is 0 Å². The quantitative estimate of drug-likeness (QED) is 0.577. The molecule has 0 aromatic carbocycles. The molecule has 4 heterocycles. The largest absolute Gasteiger partial charge is 0.474 e. The minimum absolute atomic E-state index is 0.115. The van der Waals surface area contributed by atoms with Crippen LogP contribution >= 0.6 is 0 Å². The Morgan fingerprint density at radius 1 is 1.55 bits per heavy atom. The Bertz CT molecular complexity index is 520. The molecule has 4 aliphatic rings. The molecular formula is C12H14N2O6. The van der Waals surface area contributed by atoms with Crippen LogP contribution < -0.4 is 5.32 Å². The standard InChI is InChI=1S/C12H14N2O6/c15-4-12-5-19-7(8(12)16)10(20-12)14-3-6-1-2-18-9(6)13-11(14)17/h1-3,7-10,15-16H,4-5H2,(H,13,17). The molecule has 0 saturated carbocycles. The van der Waals surface area contributed by atoms with Crippen molar-refractivity contribution in [2.75, 3.05) is 13.2 Å². The average molecular weight is 282 g/mol. The van der Waals surface area contributed by atoms with Crippen LogP contribution in [0, 0.1) is 0 Å². The lowest BCUT2D eigenvalue weighted by Gasteiger charge is -2.37. The number of nitrogens with zero attached hydrogens (tertiary/aromatic N) is 1. The van der Waals surface area contributed by atoms with Gasteiger partial charge in [0, 0.05) is 11.8 Å². The molecule has 2 saturated heterocycles. The van der Waals surface area contributed by atoms with Gasteiger partial charge < -0.3 is 24.4 Å². The van der Waals surface area contributed by atoms with Gasteiger partial charge in [0.05, 0.1) is 19.5 Å². The van der Waals surface area contributed by atoms with Crippen LogP contribution in [0.15, 0.2) is 24.1 Å². The van der Waals surface area contributed by atoms with Crippen LogP contribution in [0.2, 0.25) is 0 Å². The van der Waals surface area contributed by atoms with Crippen LogP contribution in [0.4, 0.5) is 4.79 Å². The van der Waals surface area contributed by atoms with E-state index in [1.807, 2.05) is 0 Å². The van der Waals surface area contributed by atoms with Gasteiger partial charge in [-0.1, -0.05) is 0 Å². The molecular weight excluding hydrogens is 268 g/mol. The number of carbonyl (C=O) groups is 1. The van der Waals surface area contributed by atoms with Gasteiger partial charge in [-0.2, -0.15) is 0 Å². The highest BCUT2D eigenvalue weighted by molar-refractivity contribution is 5.78. The maximum Gasteiger partial charge on any atom is 0.326 e. The Morgan fingerprint density at radius 2 is 2.40 bits per heavy atom. The van der Waals surface area contributed by atoms with Crippen molar-refractivity contribution in [1.29, 1.82) is 0 Å². The van der Waals surface area contributed by atoms with Gasteiger partial charge >= 0.3 is 6.03 Å². The highest BCUT2D eigenvalue weighted by atomic mass is 16.7. The molecule has 0 spiro atoms. The summed E-state index contributed by atoms with van der Waals surface area (Å²) in [5.41, 5.74) is -0.365. The fourth-order valence-electron chi connectivity index (χ4n) is 2.94. The molecule has 0 aromatic rings. The molecule has 0 radical (unpaired) electrons. The smallest absolute Gasteiger partial charge is 0.326 e. The number of urea groups is 1. The normalized spacial score (nSPS) is 45.2. The molecule has 3 N–H and O–H groups in total. The number of aliphatic hydroxyl groups excluding tert-OH is 2. The molecule has 20 heavy (non-hydrogen) atoms. The van der Waals surface area contributed by atoms with Gasteiger partial charge in [0.1, 0.15) is 17.8 Å².